The molecule has 0 aliphatic heterocycles. The summed E-state index contributed by atoms with van der Waals surface area (Å²) >= 11 is 0. The highest BCUT2D eigenvalue weighted by Gasteiger charge is 2.15. The van der Waals surface area contributed by atoms with Gasteiger partial charge in [0.2, 0.25) is 5.76 Å². The third-order valence-electron chi connectivity index (χ3n) is 2.88. The summed E-state index contributed by atoms with van der Waals surface area (Å²) in [6, 6.07) is 6.67. The molecule has 6 heteroatoms. The van der Waals surface area contributed by atoms with Gasteiger partial charge in [-0.1, -0.05) is 11.8 Å². The minimum atomic E-state index is -1.10. The van der Waals surface area contributed by atoms with E-state index in [1.807, 2.05) is 0 Å². The molecule has 2 aromatic rings. The molecule has 6 nitrogen and oxygen atoms in total. The van der Waals surface area contributed by atoms with E-state index in [-0.39, 0.29) is 5.76 Å². The number of benzene rings is 1. The van der Waals surface area contributed by atoms with E-state index in [2.05, 4.69) is 17.2 Å². The van der Waals surface area contributed by atoms with Crippen LogP contribution in [0.5, 0.6) is 0 Å². The first-order valence-corrected chi connectivity index (χ1v) is 7.47. The number of furan rings is 1. The van der Waals surface area contributed by atoms with E-state index in [1.54, 1.807) is 39.0 Å². The van der Waals surface area contributed by atoms with E-state index in [4.69, 9.17) is 14.3 Å². The molecule has 0 aliphatic rings. The molecular weight excluding hydrogens is 310 g/mol. The van der Waals surface area contributed by atoms with Crippen LogP contribution in [0, 0.1) is 11.8 Å². The lowest BCUT2D eigenvalue weighted by molar-refractivity contribution is 0.0528. The fourth-order valence-electron chi connectivity index (χ4n) is 1.93. The lowest BCUT2D eigenvalue weighted by Gasteiger charge is -2.19. The fraction of sp³-hybridized carbons (Fsp3) is 0.333. The van der Waals surface area contributed by atoms with Gasteiger partial charge in [0, 0.05) is 23.9 Å². The van der Waals surface area contributed by atoms with Gasteiger partial charge in [-0.3, -0.25) is 0 Å². The Morgan fingerprint density at radius 2 is 2.04 bits per heavy atom. The first-order valence-electron chi connectivity index (χ1n) is 7.47. The highest BCUT2D eigenvalue weighted by molar-refractivity contribution is 5.91. The van der Waals surface area contributed by atoms with E-state index >= 15 is 0 Å². The number of fused-ring (bicyclic) bond motifs is 1. The molecule has 24 heavy (non-hydrogen) atoms. The van der Waals surface area contributed by atoms with Crippen LogP contribution in [-0.2, 0) is 4.74 Å². The van der Waals surface area contributed by atoms with Crippen LogP contribution in [0.3, 0.4) is 0 Å². The topological polar surface area (TPSA) is 88.8 Å². The number of hydrogen-bond donors (Lipinski definition) is 2. The second kappa shape index (κ2) is 7.09. The molecule has 1 heterocycles. The maximum Gasteiger partial charge on any atom is 0.407 e. The molecule has 0 unspecified atom stereocenters. The van der Waals surface area contributed by atoms with Gasteiger partial charge < -0.3 is 19.6 Å². The molecule has 0 radical (unpaired) electrons. The van der Waals surface area contributed by atoms with Crippen LogP contribution in [0.15, 0.2) is 28.7 Å². The van der Waals surface area contributed by atoms with Crippen molar-refractivity contribution in [3.05, 3.63) is 35.6 Å². The molecule has 0 aliphatic carbocycles. The molecule has 0 spiro atoms. The third-order valence-corrected chi connectivity index (χ3v) is 2.88. The van der Waals surface area contributed by atoms with Crippen molar-refractivity contribution in [3.8, 4) is 11.8 Å². The molecule has 1 aromatic carbocycles. The van der Waals surface area contributed by atoms with Crippen molar-refractivity contribution >= 4 is 23.0 Å². The average molecular weight is 329 g/mol. The maximum absolute atomic E-state index is 11.5. The predicted octanol–water partition coefficient (Wildman–Crippen LogP) is 3.40. The molecular formula is C18H19NO5. The zero-order chi connectivity index (χ0) is 17.7. The number of rotatable bonds is 3. The molecule has 2 rings (SSSR count). The first kappa shape index (κ1) is 17.4. The number of carbonyl (C=O) groups excluding carboxylic acids is 1. The SMILES string of the molecule is CC(C)(C)OC(=O)NCCC#Cc1ccc2oc(C(=O)O)cc2c1. The van der Waals surface area contributed by atoms with Gasteiger partial charge in [-0.25, -0.2) is 9.59 Å². The molecule has 2 N–H and O–H groups in total. The summed E-state index contributed by atoms with van der Waals surface area (Å²) in [6.45, 7) is 5.79. The Balaban J connectivity index is 1.90. The number of carbonyl (C=O) groups is 2. The molecule has 0 fully saturated rings. The summed E-state index contributed by atoms with van der Waals surface area (Å²) in [7, 11) is 0. The number of amides is 1. The number of carboxylic acid groups (broad SMARTS) is 1. The molecule has 0 atom stereocenters. The highest BCUT2D eigenvalue weighted by Crippen LogP contribution is 2.20. The van der Waals surface area contributed by atoms with Crippen LogP contribution in [0.2, 0.25) is 0 Å². The molecule has 0 saturated heterocycles. The summed E-state index contributed by atoms with van der Waals surface area (Å²) in [4.78, 5) is 22.3. The van der Waals surface area contributed by atoms with Gasteiger partial charge in [-0.15, -0.1) is 0 Å². The van der Waals surface area contributed by atoms with Crippen LogP contribution in [-0.4, -0.2) is 29.3 Å². The Bertz CT molecular complexity index is 817. The highest BCUT2D eigenvalue weighted by atomic mass is 16.6. The quantitative estimate of drug-likeness (QED) is 0.665. The van der Waals surface area contributed by atoms with Gasteiger partial charge in [-0.2, -0.15) is 0 Å². The van der Waals surface area contributed by atoms with Crippen LogP contribution in [0.25, 0.3) is 11.0 Å². The monoisotopic (exact) mass is 329 g/mol. The van der Waals surface area contributed by atoms with Crippen molar-refractivity contribution in [3.63, 3.8) is 0 Å². The zero-order valence-electron chi connectivity index (χ0n) is 13.8. The van der Waals surface area contributed by atoms with Crippen molar-refractivity contribution < 1.29 is 23.8 Å². The van der Waals surface area contributed by atoms with E-state index in [1.165, 1.54) is 6.07 Å². The van der Waals surface area contributed by atoms with Gasteiger partial charge in [0.05, 0.1) is 0 Å². The number of carboxylic acids is 1. The van der Waals surface area contributed by atoms with E-state index in [0.717, 1.165) is 5.56 Å². The van der Waals surface area contributed by atoms with Crippen LogP contribution >= 0.6 is 0 Å². The Labute approximate surface area is 139 Å². The summed E-state index contributed by atoms with van der Waals surface area (Å²) in [5.41, 5.74) is 0.729. The number of nitrogens with one attached hydrogen (secondary N) is 1. The van der Waals surface area contributed by atoms with Gasteiger partial charge in [0.25, 0.3) is 0 Å². The number of alkyl carbamates (subject to hydrolysis) is 1. The summed E-state index contributed by atoms with van der Waals surface area (Å²) < 4.78 is 10.3. The predicted molar refractivity (Wildman–Crippen MR) is 88.9 cm³/mol. The summed E-state index contributed by atoms with van der Waals surface area (Å²) in [5, 5.41) is 12.2. The second-order valence-corrected chi connectivity index (χ2v) is 6.15. The number of hydrogen-bond acceptors (Lipinski definition) is 4. The van der Waals surface area contributed by atoms with Crippen LogP contribution in [0.4, 0.5) is 4.79 Å². The van der Waals surface area contributed by atoms with Crippen LogP contribution in [0.1, 0.15) is 43.3 Å². The standard InChI is InChI=1S/C18H19NO5/c1-18(2,3)24-17(22)19-9-5-4-6-12-7-8-14-13(10-12)11-15(23-14)16(20)21/h7-8,10-11H,5,9H2,1-3H3,(H,19,22)(H,20,21). The van der Waals surface area contributed by atoms with E-state index in [0.29, 0.717) is 23.9 Å². The Kier molecular flexibility index (Phi) is 5.14. The van der Waals surface area contributed by atoms with Gasteiger partial charge in [0.1, 0.15) is 11.2 Å². The van der Waals surface area contributed by atoms with E-state index in [9.17, 15) is 9.59 Å². The smallest absolute Gasteiger partial charge is 0.407 e. The van der Waals surface area contributed by atoms with Crippen molar-refractivity contribution in [1.82, 2.24) is 5.32 Å². The average Bonchev–Trinajstić information content (AvgIpc) is 2.88. The maximum atomic E-state index is 11.5. The van der Waals surface area contributed by atoms with Crippen molar-refractivity contribution in [2.45, 2.75) is 32.8 Å². The van der Waals surface area contributed by atoms with E-state index < -0.39 is 17.7 Å². The number of ether oxygens (including phenoxy) is 1. The molecule has 126 valence electrons. The molecule has 0 saturated carbocycles. The third kappa shape index (κ3) is 5.06. The van der Waals surface area contributed by atoms with Gasteiger partial charge in [-0.05, 0) is 45.0 Å². The molecule has 1 aromatic heterocycles. The number of aromatic carboxylic acids is 1. The second-order valence-electron chi connectivity index (χ2n) is 6.15. The molecule has 1 amide bonds. The Hall–Kier alpha value is -2.94. The van der Waals surface area contributed by atoms with Crippen molar-refractivity contribution in [1.29, 1.82) is 0 Å². The van der Waals surface area contributed by atoms with Crippen LogP contribution < -0.4 is 5.32 Å². The Morgan fingerprint density at radius 3 is 2.71 bits per heavy atom. The Morgan fingerprint density at radius 1 is 1.29 bits per heavy atom. The summed E-state index contributed by atoms with van der Waals surface area (Å²) in [6.07, 6.45) is 0.00794. The zero-order valence-corrected chi connectivity index (χ0v) is 13.8. The van der Waals surface area contributed by atoms with Gasteiger partial charge >= 0.3 is 12.1 Å². The minimum Gasteiger partial charge on any atom is -0.475 e. The lowest BCUT2D eigenvalue weighted by atomic mass is 10.1. The van der Waals surface area contributed by atoms with Crippen molar-refractivity contribution in [2.75, 3.05) is 6.54 Å². The normalized spacial score (nSPS) is 10.8. The largest absolute Gasteiger partial charge is 0.475 e. The first-order chi connectivity index (χ1) is 11.2. The van der Waals surface area contributed by atoms with Gasteiger partial charge in [0.15, 0.2) is 0 Å². The fourth-order valence-corrected chi connectivity index (χ4v) is 1.93. The summed E-state index contributed by atoms with van der Waals surface area (Å²) in [5.74, 6) is 4.71. The molecule has 0 bridgehead atoms. The lowest BCUT2D eigenvalue weighted by Crippen LogP contribution is -2.32. The van der Waals surface area contributed by atoms with Crippen molar-refractivity contribution in [2.24, 2.45) is 0 Å². The minimum absolute atomic E-state index is 0.100.